The highest BCUT2D eigenvalue weighted by Crippen LogP contribution is 2.28. The number of nitrogens with one attached hydrogen (secondary N) is 2. The van der Waals surface area contributed by atoms with Gasteiger partial charge in [-0.1, -0.05) is 6.92 Å². The van der Waals surface area contributed by atoms with E-state index in [1.807, 2.05) is 13.8 Å². The van der Waals surface area contributed by atoms with Gasteiger partial charge in [0, 0.05) is 4.88 Å². The molecule has 18 heavy (non-hydrogen) atoms. The minimum atomic E-state index is -0.402. The Hall–Kier alpha value is -1.40. The van der Waals surface area contributed by atoms with E-state index in [4.69, 9.17) is 4.74 Å². The first-order valence-corrected chi connectivity index (χ1v) is 6.68. The molecule has 0 radical (unpaired) electrons. The minimum absolute atomic E-state index is 0.163. The number of amides is 1. The van der Waals surface area contributed by atoms with Crippen molar-refractivity contribution in [2.45, 2.75) is 20.8 Å². The summed E-state index contributed by atoms with van der Waals surface area (Å²) in [6, 6.07) is 1.73. The van der Waals surface area contributed by atoms with Crippen LogP contribution in [-0.2, 0) is 9.53 Å². The molecule has 1 aromatic heterocycles. The van der Waals surface area contributed by atoms with Crippen molar-refractivity contribution in [2.75, 3.05) is 25.0 Å². The molecular weight excluding hydrogens is 252 g/mol. The van der Waals surface area contributed by atoms with E-state index in [1.54, 1.807) is 13.0 Å². The first-order chi connectivity index (χ1) is 8.58. The molecule has 5 nitrogen and oxygen atoms in total. The van der Waals surface area contributed by atoms with Gasteiger partial charge >= 0.3 is 5.97 Å². The highest BCUT2D eigenvalue weighted by Gasteiger charge is 2.17. The summed E-state index contributed by atoms with van der Waals surface area (Å²) < 4.78 is 4.95. The summed E-state index contributed by atoms with van der Waals surface area (Å²) in [7, 11) is 0. The number of rotatable bonds is 6. The second kappa shape index (κ2) is 7.13. The van der Waals surface area contributed by atoms with E-state index < -0.39 is 5.97 Å². The van der Waals surface area contributed by atoms with Gasteiger partial charge in [0.15, 0.2) is 0 Å². The number of anilines is 1. The van der Waals surface area contributed by atoms with Crippen molar-refractivity contribution in [1.82, 2.24) is 5.32 Å². The molecule has 1 heterocycles. The molecule has 0 aliphatic rings. The van der Waals surface area contributed by atoms with Gasteiger partial charge in [-0.3, -0.25) is 4.79 Å². The van der Waals surface area contributed by atoms with Gasteiger partial charge in [0.05, 0.1) is 18.7 Å². The Morgan fingerprint density at radius 3 is 2.72 bits per heavy atom. The highest BCUT2D eigenvalue weighted by atomic mass is 32.1. The molecule has 0 saturated carbocycles. The molecule has 0 aliphatic carbocycles. The molecule has 0 aromatic carbocycles. The van der Waals surface area contributed by atoms with Gasteiger partial charge in [0.2, 0.25) is 5.91 Å². The fourth-order valence-electron chi connectivity index (χ4n) is 1.38. The van der Waals surface area contributed by atoms with Crippen molar-refractivity contribution in [2.24, 2.45) is 0 Å². The number of hydrogen-bond donors (Lipinski definition) is 2. The number of carbonyl (C=O) groups is 2. The maximum Gasteiger partial charge on any atom is 0.341 e. The number of thiophene rings is 1. The largest absolute Gasteiger partial charge is 0.462 e. The summed E-state index contributed by atoms with van der Waals surface area (Å²) in [5, 5.41) is 6.20. The number of ether oxygens (including phenoxy) is 1. The van der Waals surface area contributed by atoms with E-state index in [0.29, 0.717) is 17.2 Å². The lowest BCUT2D eigenvalue weighted by atomic mass is 10.3. The first-order valence-electron chi connectivity index (χ1n) is 5.86. The van der Waals surface area contributed by atoms with Gasteiger partial charge in [-0.25, -0.2) is 4.79 Å². The van der Waals surface area contributed by atoms with Gasteiger partial charge in [0.25, 0.3) is 0 Å². The van der Waals surface area contributed by atoms with Crippen molar-refractivity contribution < 1.29 is 14.3 Å². The third kappa shape index (κ3) is 4.12. The van der Waals surface area contributed by atoms with Gasteiger partial charge in [-0.05, 0) is 26.5 Å². The van der Waals surface area contributed by atoms with Crippen LogP contribution in [0.25, 0.3) is 0 Å². The predicted molar refractivity (Wildman–Crippen MR) is 72.2 cm³/mol. The van der Waals surface area contributed by atoms with Crippen LogP contribution in [0.5, 0.6) is 0 Å². The lowest BCUT2D eigenvalue weighted by Crippen LogP contribution is -2.28. The maximum absolute atomic E-state index is 11.7. The lowest BCUT2D eigenvalue weighted by molar-refractivity contribution is -0.115. The van der Waals surface area contributed by atoms with Crippen molar-refractivity contribution >= 4 is 28.2 Å². The van der Waals surface area contributed by atoms with Crippen LogP contribution in [0.2, 0.25) is 0 Å². The Bertz CT molecular complexity index is 429. The molecule has 1 aromatic rings. The van der Waals surface area contributed by atoms with Gasteiger partial charge in [-0.2, -0.15) is 0 Å². The summed E-state index contributed by atoms with van der Waals surface area (Å²) in [6.07, 6.45) is 0. The van der Waals surface area contributed by atoms with Crippen LogP contribution in [0.15, 0.2) is 6.07 Å². The Labute approximate surface area is 111 Å². The zero-order chi connectivity index (χ0) is 13.5. The van der Waals surface area contributed by atoms with Crippen LogP contribution in [0.4, 0.5) is 5.00 Å². The highest BCUT2D eigenvalue weighted by molar-refractivity contribution is 7.16. The van der Waals surface area contributed by atoms with Crippen LogP contribution in [0.3, 0.4) is 0 Å². The van der Waals surface area contributed by atoms with Crippen molar-refractivity contribution in [3.63, 3.8) is 0 Å². The SMILES string of the molecule is CCNCC(=O)Nc1sc(C)cc1C(=O)OCC. The second-order valence-electron chi connectivity index (χ2n) is 3.65. The zero-order valence-corrected chi connectivity index (χ0v) is 11.6. The molecule has 0 aliphatic heterocycles. The lowest BCUT2D eigenvalue weighted by Gasteiger charge is -2.06. The average Bonchev–Trinajstić information content (AvgIpc) is 2.68. The minimum Gasteiger partial charge on any atom is -0.462 e. The number of hydrogen-bond acceptors (Lipinski definition) is 5. The van der Waals surface area contributed by atoms with Crippen LogP contribution >= 0.6 is 11.3 Å². The monoisotopic (exact) mass is 270 g/mol. The molecule has 0 spiro atoms. The Morgan fingerprint density at radius 2 is 2.11 bits per heavy atom. The summed E-state index contributed by atoms with van der Waals surface area (Å²) in [4.78, 5) is 24.2. The standard InChI is InChI=1S/C12H18N2O3S/c1-4-13-7-10(15)14-11-9(6-8(3)18-11)12(16)17-5-2/h6,13H,4-5,7H2,1-3H3,(H,14,15). The van der Waals surface area contributed by atoms with Gasteiger partial charge in [0.1, 0.15) is 5.00 Å². The van der Waals surface area contributed by atoms with Crippen molar-refractivity contribution in [3.05, 3.63) is 16.5 Å². The van der Waals surface area contributed by atoms with E-state index in [2.05, 4.69) is 10.6 Å². The van der Waals surface area contributed by atoms with Gasteiger partial charge in [-0.15, -0.1) is 11.3 Å². The third-order valence-electron chi connectivity index (χ3n) is 2.14. The molecule has 1 rings (SSSR count). The Balaban J connectivity index is 2.75. The zero-order valence-electron chi connectivity index (χ0n) is 10.8. The molecule has 6 heteroatoms. The molecule has 2 N–H and O–H groups in total. The number of esters is 1. The molecule has 0 saturated heterocycles. The fourth-order valence-corrected chi connectivity index (χ4v) is 2.29. The maximum atomic E-state index is 11.7. The summed E-state index contributed by atoms with van der Waals surface area (Å²) >= 11 is 1.37. The van der Waals surface area contributed by atoms with Crippen molar-refractivity contribution in [1.29, 1.82) is 0 Å². The third-order valence-corrected chi connectivity index (χ3v) is 3.11. The number of carbonyl (C=O) groups excluding carboxylic acids is 2. The van der Waals surface area contributed by atoms with Gasteiger partial charge < -0.3 is 15.4 Å². The normalized spacial score (nSPS) is 10.2. The van der Waals surface area contributed by atoms with E-state index in [0.717, 1.165) is 11.4 Å². The summed E-state index contributed by atoms with van der Waals surface area (Å²) in [6.45, 7) is 6.83. The molecular formula is C12H18N2O3S. The predicted octanol–water partition coefficient (Wildman–Crippen LogP) is 1.78. The van der Waals surface area contributed by atoms with E-state index in [9.17, 15) is 9.59 Å². The van der Waals surface area contributed by atoms with Crippen LogP contribution in [0, 0.1) is 6.92 Å². The second-order valence-corrected chi connectivity index (χ2v) is 4.91. The van der Waals surface area contributed by atoms with E-state index in [1.165, 1.54) is 11.3 Å². The number of aryl methyl sites for hydroxylation is 1. The number of likely N-dealkylation sites (N-methyl/N-ethyl adjacent to an activating group) is 1. The average molecular weight is 270 g/mol. The summed E-state index contributed by atoms with van der Waals surface area (Å²) in [5.74, 6) is -0.565. The fraction of sp³-hybridized carbons (Fsp3) is 0.500. The molecule has 0 bridgehead atoms. The van der Waals surface area contributed by atoms with Crippen LogP contribution in [0.1, 0.15) is 29.1 Å². The molecule has 100 valence electrons. The molecule has 0 unspecified atom stereocenters. The Kier molecular flexibility index (Phi) is 5.80. The summed E-state index contributed by atoms with van der Waals surface area (Å²) in [5.41, 5.74) is 0.421. The van der Waals surface area contributed by atoms with Crippen molar-refractivity contribution in [3.8, 4) is 0 Å². The molecule has 0 atom stereocenters. The molecule has 0 fully saturated rings. The Morgan fingerprint density at radius 1 is 1.39 bits per heavy atom. The quantitative estimate of drug-likeness (QED) is 0.773. The topological polar surface area (TPSA) is 67.4 Å². The van der Waals surface area contributed by atoms with Crippen LogP contribution < -0.4 is 10.6 Å². The van der Waals surface area contributed by atoms with E-state index in [-0.39, 0.29) is 12.5 Å². The smallest absolute Gasteiger partial charge is 0.341 e. The first kappa shape index (κ1) is 14.7. The van der Waals surface area contributed by atoms with E-state index >= 15 is 0 Å². The molecule has 1 amide bonds. The van der Waals surface area contributed by atoms with Crippen LogP contribution in [-0.4, -0.2) is 31.6 Å².